The fourth-order valence-corrected chi connectivity index (χ4v) is 6.20. The highest BCUT2D eigenvalue weighted by atomic mass is 32.1. The Hall–Kier alpha value is -2.30. The molecule has 3 heterocycles. The summed E-state index contributed by atoms with van der Waals surface area (Å²) in [5.41, 5.74) is 5.52. The first kappa shape index (κ1) is 18.7. The number of rotatable bonds is 4. The van der Waals surface area contributed by atoms with Gasteiger partial charge in [-0.1, -0.05) is 37.3 Å². The zero-order valence-electron chi connectivity index (χ0n) is 17.3. The zero-order valence-corrected chi connectivity index (χ0v) is 18.1. The van der Waals surface area contributed by atoms with Crippen LogP contribution in [0.4, 0.5) is 0 Å². The van der Waals surface area contributed by atoms with Gasteiger partial charge >= 0.3 is 0 Å². The van der Waals surface area contributed by atoms with E-state index in [1.54, 1.807) is 19.1 Å². The van der Waals surface area contributed by atoms with Crippen molar-refractivity contribution in [2.24, 2.45) is 0 Å². The first-order chi connectivity index (χ1) is 14.2. The molecule has 150 valence electrons. The van der Waals surface area contributed by atoms with Crippen molar-refractivity contribution in [2.45, 2.75) is 38.3 Å². The summed E-state index contributed by atoms with van der Waals surface area (Å²) in [5.74, 6) is 2.40. The molecule has 0 fully saturated rings. The van der Waals surface area contributed by atoms with Gasteiger partial charge in [-0.2, -0.15) is 0 Å². The van der Waals surface area contributed by atoms with E-state index in [0.717, 1.165) is 37.4 Å². The van der Waals surface area contributed by atoms with E-state index < -0.39 is 0 Å². The molecule has 2 aliphatic rings. The molecule has 1 aromatic heterocycles. The van der Waals surface area contributed by atoms with Crippen LogP contribution in [-0.4, -0.2) is 25.7 Å². The number of thiophene rings is 1. The third-order valence-electron chi connectivity index (χ3n) is 6.56. The molecule has 0 saturated carbocycles. The Labute approximate surface area is 176 Å². The molecule has 0 radical (unpaired) electrons. The zero-order chi connectivity index (χ0) is 20.0. The van der Waals surface area contributed by atoms with E-state index in [1.165, 1.54) is 27.1 Å². The molecule has 0 amide bonds. The Morgan fingerprint density at radius 1 is 1.00 bits per heavy atom. The van der Waals surface area contributed by atoms with E-state index in [0.29, 0.717) is 12.0 Å². The lowest BCUT2D eigenvalue weighted by Crippen LogP contribution is -2.39. The van der Waals surface area contributed by atoms with Gasteiger partial charge in [-0.3, -0.25) is 4.90 Å². The monoisotopic (exact) mass is 405 g/mol. The SMILES string of the molecule is COc1ccc(OC)c2c1CC1c3cc(C(C)c4ccccc4)sc3CCN1C2. The van der Waals surface area contributed by atoms with Gasteiger partial charge in [0.15, 0.2) is 0 Å². The standard InChI is InChI=1S/C25H27NO2S/c1-16(17-7-5-4-6-8-17)25-14-19-21-13-18-20(15-26(21)12-11-24(19)29-25)23(28-3)10-9-22(18)27-2/h4-10,14,16,21H,11-13,15H2,1-3H3. The second-order valence-electron chi connectivity index (χ2n) is 8.03. The predicted octanol–water partition coefficient (Wildman–Crippen LogP) is 5.57. The smallest absolute Gasteiger partial charge is 0.123 e. The van der Waals surface area contributed by atoms with Gasteiger partial charge in [0.1, 0.15) is 11.5 Å². The summed E-state index contributed by atoms with van der Waals surface area (Å²) >= 11 is 2.01. The Morgan fingerprint density at radius 3 is 2.45 bits per heavy atom. The number of benzene rings is 2. The summed E-state index contributed by atoms with van der Waals surface area (Å²) in [6, 6.07) is 17.8. The number of hydrogen-bond donors (Lipinski definition) is 0. The number of fused-ring (bicyclic) bond motifs is 4. The van der Waals surface area contributed by atoms with Crippen molar-refractivity contribution in [1.82, 2.24) is 4.90 Å². The van der Waals surface area contributed by atoms with Crippen LogP contribution in [0, 0.1) is 0 Å². The van der Waals surface area contributed by atoms with Gasteiger partial charge in [-0.15, -0.1) is 11.3 Å². The van der Waals surface area contributed by atoms with Crippen LogP contribution in [0.25, 0.3) is 0 Å². The molecular formula is C25H27NO2S. The molecule has 0 aliphatic carbocycles. The van der Waals surface area contributed by atoms with Gasteiger partial charge in [0.05, 0.1) is 14.2 Å². The van der Waals surface area contributed by atoms with E-state index in [9.17, 15) is 0 Å². The fourth-order valence-electron chi connectivity index (χ4n) is 4.91. The van der Waals surface area contributed by atoms with Crippen LogP contribution in [0.5, 0.6) is 11.5 Å². The maximum atomic E-state index is 5.71. The molecule has 2 unspecified atom stereocenters. The Kier molecular flexibility index (Phi) is 4.84. The molecule has 4 heteroatoms. The summed E-state index contributed by atoms with van der Waals surface area (Å²) < 4.78 is 11.4. The van der Waals surface area contributed by atoms with E-state index in [-0.39, 0.29) is 0 Å². The van der Waals surface area contributed by atoms with Crippen LogP contribution in [-0.2, 0) is 19.4 Å². The quantitative estimate of drug-likeness (QED) is 0.566. The number of hydrogen-bond acceptors (Lipinski definition) is 4. The second kappa shape index (κ2) is 7.51. The summed E-state index contributed by atoms with van der Waals surface area (Å²) in [6.07, 6.45) is 2.12. The highest BCUT2D eigenvalue weighted by Crippen LogP contribution is 2.46. The van der Waals surface area contributed by atoms with Crippen LogP contribution in [0.1, 0.15) is 50.9 Å². The summed E-state index contributed by atoms with van der Waals surface area (Å²) in [4.78, 5) is 5.66. The van der Waals surface area contributed by atoms with Gasteiger partial charge < -0.3 is 9.47 Å². The lowest BCUT2D eigenvalue weighted by molar-refractivity contribution is 0.158. The Morgan fingerprint density at radius 2 is 1.72 bits per heavy atom. The first-order valence-corrected chi connectivity index (χ1v) is 11.2. The largest absolute Gasteiger partial charge is 0.496 e. The topological polar surface area (TPSA) is 21.7 Å². The van der Waals surface area contributed by atoms with Crippen LogP contribution in [0.15, 0.2) is 48.5 Å². The summed E-state index contributed by atoms with van der Waals surface area (Å²) in [7, 11) is 3.53. The molecule has 3 aromatic rings. The van der Waals surface area contributed by atoms with E-state index in [2.05, 4.69) is 48.2 Å². The third kappa shape index (κ3) is 3.15. The van der Waals surface area contributed by atoms with Crippen molar-refractivity contribution >= 4 is 11.3 Å². The van der Waals surface area contributed by atoms with Crippen molar-refractivity contribution in [3.8, 4) is 11.5 Å². The van der Waals surface area contributed by atoms with Crippen LogP contribution in [0.3, 0.4) is 0 Å². The van der Waals surface area contributed by atoms with E-state index in [4.69, 9.17) is 9.47 Å². The molecule has 5 rings (SSSR count). The molecule has 0 saturated heterocycles. The Bertz CT molecular complexity index is 1030. The molecule has 3 nitrogen and oxygen atoms in total. The van der Waals surface area contributed by atoms with Crippen molar-refractivity contribution in [3.05, 3.63) is 80.5 Å². The van der Waals surface area contributed by atoms with E-state index in [1.807, 2.05) is 23.5 Å². The summed E-state index contributed by atoms with van der Waals surface area (Å²) in [5, 5.41) is 0. The van der Waals surface area contributed by atoms with Crippen molar-refractivity contribution in [3.63, 3.8) is 0 Å². The van der Waals surface area contributed by atoms with Crippen molar-refractivity contribution in [1.29, 1.82) is 0 Å². The summed E-state index contributed by atoms with van der Waals surface area (Å²) in [6.45, 7) is 4.37. The maximum absolute atomic E-state index is 5.71. The number of nitrogens with zero attached hydrogens (tertiary/aromatic N) is 1. The molecule has 2 atom stereocenters. The third-order valence-corrected chi connectivity index (χ3v) is 7.95. The highest BCUT2D eigenvalue weighted by molar-refractivity contribution is 7.12. The first-order valence-electron chi connectivity index (χ1n) is 10.3. The minimum Gasteiger partial charge on any atom is -0.496 e. The fraction of sp³-hybridized carbons (Fsp3) is 0.360. The van der Waals surface area contributed by atoms with Gasteiger partial charge in [0.2, 0.25) is 0 Å². The Balaban J connectivity index is 1.51. The highest BCUT2D eigenvalue weighted by Gasteiger charge is 2.36. The lowest BCUT2D eigenvalue weighted by atomic mass is 9.85. The normalized spacial score (nSPS) is 19.1. The number of ether oxygens (including phenoxy) is 2. The van der Waals surface area contributed by atoms with Gasteiger partial charge in [-0.25, -0.2) is 0 Å². The minimum atomic E-state index is 0.431. The molecular weight excluding hydrogens is 378 g/mol. The maximum Gasteiger partial charge on any atom is 0.123 e. The lowest BCUT2D eigenvalue weighted by Gasteiger charge is -2.41. The minimum absolute atomic E-state index is 0.431. The molecule has 29 heavy (non-hydrogen) atoms. The molecule has 0 N–H and O–H groups in total. The van der Waals surface area contributed by atoms with Gasteiger partial charge in [0, 0.05) is 45.9 Å². The van der Waals surface area contributed by atoms with Crippen molar-refractivity contribution < 1.29 is 9.47 Å². The van der Waals surface area contributed by atoms with Crippen LogP contribution >= 0.6 is 11.3 Å². The van der Waals surface area contributed by atoms with Crippen LogP contribution < -0.4 is 9.47 Å². The van der Waals surface area contributed by atoms with E-state index >= 15 is 0 Å². The van der Waals surface area contributed by atoms with Crippen molar-refractivity contribution in [2.75, 3.05) is 20.8 Å². The predicted molar refractivity (Wildman–Crippen MR) is 118 cm³/mol. The molecule has 0 bridgehead atoms. The average Bonchev–Trinajstić information content (AvgIpc) is 3.22. The molecule has 2 aromatic carbocycles. The van der Waals surface area contributed by atoms with Gasteiger partial charge in [-0.05, 0) is 42.2 Å². The van der Waals surface area contributed by atoms with Crippen LogP contribution in [0.2, 0.25) is 0 Å². The average molecular weight is 406 g/mol. The molecule has 2 aliphatic heterocycles. The van der Waals surface area contributed by atoms with Gasteiger partial charge in [0.25, 0.3) is 0 Å². The molecule has 0 spiro atoms. The second-order valence-corrected chi connectivity index (χ2v) is 9.20. The number of methoxy groups -OCH3 is 2.